The first-order chi connectivity index (χ1) is 8.72. The highest BCUT2D eigenvalue weighted by Crippen LogP contribution is 2.12. The van der Waals surface area contributed by atoms with Crippen LogP contribution in [0.2, 0.25) is 0 Å². The molecule has 0 aliphatic heterocycles. The maximum atomic E-state index is 12.1. The van der Waals surface area contributed by atoms with Gasteiger partial charge in [0.05, 0.1) is 24.3 Å². The molecule has 0 radical (unpaired) electrons. The second-order valence-electron chi connectivity index (χ2n) is 3.51. The highest BCUT2D eigenvalue weighted by atomic mass is 16.2. The molecule has 0 spiro atoms. The first-order valence-electron chi connectivity index (χ1n) is 5.19. The van der Waals surface area contributed by atoms with Crippen LogP contribution in [0, 0.1) is 0 Å². The summed E-state index contributed by atoms with van der Waals surface area (Å²) >= 11 is 0. The molecule has 3 N–H and O–H groups in total. The lowest BCUT2D eigenvalue weighted by molar-refractivity contribution is 0.0988. The third-order valence-electron chi connectivity index (χ3n) is 2.34. The largest absolute Gasteiger partial charge is 0.309 e. The number of aromatic nitrogens is 3. The molecular weight excluding hydrogens is 232 g/mol. The maximum absolute atomic E-state index is 12.1. The number of amides is 1. The van der Waals surface area contributed by atoms with Crippen LogP contribution in [-0.4, -0.2) is 27.9 Å². The van der Waals surface area contributed by atoms with Crippen LogP contribution in [0.3, 0.4) is 0 Å². The third kappa shape index (κ3) is 2.41. The van der Waals surface area contributed by atoms with E-state index in [4.69, 9.17) is 5.84 Å². The summed E-state index contributed by atoms with van der Waals surface area (Å²) in [5, 5.41) is 0. The Morgan fingerprint density at radius 3 is 2.83 bits per heavy atom. The van der Waals surface area contributed by atoms with Gasteiger partial charge in [-0.25, -0.2) is 10.8 Å². The van der Waals surface area contributed by atoms with E-state index >= 15 is 0 Å². The van der Waals surface area contributed by atoms with Gasteiger partial charge in [0.15, 0.2) is 5.82 Å². The third-order valence-corrected chi connectivity index (χ3v) is 2.34. The van der Waals surface area contributed by atoms with E-state index in [0.717, 1.165) is 0 Å². The van der Waals surface area contributed by atoms with E-state index in [0.29, 0.717) is 11.5 Å². The van der Waals surface area contributed by atoms with E-state index in [-0.39, 0.29) is 11.6 Å². The number of carbonyl (C=O) groups is 1. The van der Waals surface area contributed by atoms with E-state index in [1.165, 1.54) is 17.3 Å². The number of nitrogens with two attached hydrogens (primary N) is 1. The van der Waals surface area contributed by atoms with Crippen LogP contribution in [0.1, 0.15) is 10.5 Å². The van der Waals surface area contributed by atoms with E-state index in [1.807, 2.05) is 0 Å². The molecule has 0 unspecified atom stereocenters. The van der Waals surface area contributed by atoms with Crippen LogP contribution < -0.4 is 16.2 Å². The quantitative estimate of drug-likeness (QED) is 0.600. The number of anilines is 2. The van der Waals surface area contributed by atoms with Gasteiger partial charge >= 0.3 is 0 Å². The molecule has 0 fully saturated rings. The maximum Gasteiger partial charge on any atom is 0.278 e. The van der Waals surface area contributed by atoms with E-state index in [9.17, 15) is 4.79 Å². The second-order valence-corrected chi connectivity index (χ2v) is 3.51. The van der Waals surface area contributed by atoms with Crippen molar-refractivity contribution in [2.75, 3.05) is 17.4 Å². The number of hydrogen-bond donors (Lipinski definition) is 2. The van der Waals surface area contributed by atoms with Crippen LogP contribution in [0.25, 0.3) is 0 Å². The summed E-state index contributed by atoms with van der Waals surface area (Å²) < 4.78 is 0. The van der Waals surface area contributed by atoms with E-state index in [1.54, 1.807) is 31.6 Å². The standard InChI is InChI=1S/C11H12N6O/c1-17(8-3-2-4-13-5-8)11(18)9-6-14-7-10(15-9)16-12/h2-7H,12H2,1H3,(H,15,16). The first-order valence-corrected chi connectivity index (χ1v) is 5.19. The molecular formula is C11H12N6O. The molecule has 0 atom stereocenters. The average Bonchev–Trinajstić information content (AvgIpc) is 2.46. The van der Waals surface area contributed by atoms with Gasteiger partial charge in [-0.2, -0.15) is 0 Å². The number of hydrazine groups is 1. The highest BCUT2D eigenvalue weighted by Gasteiger charge is 2.15. The Kier molecular flexibility index (Phi) is 3.44. The fraction of sp³-hybridized carbons (Fsp3) is 0.0909. The summed E-state index contributed by atoms with van der Waals surface area (Å²) in [6.07, 6.45) is 6.05. The van der Waals surface area contributed by atoms with Crippen molar-refractivity contribution in [1.29, 1.82) is 0 Å². The molecule has 0 aromatic carbocycles. The average molecular weight is 244 g/mol. The molecule has 0 aliphatic rings. The zero-order valence-electron chi connectivity index (χ0n) is 9.74. The summed E-state index contributed by atoms with van der Waals surface area (Å²) in [5.41, 5.74) is 3.23. The van der Waals surface area contributed by atoms with Crippen molar-refractivity contribution in [2.45, 2.75) is 0 Å². The summed E-state index contributed by atoms with van der Waals surface area (Å²) in [6.45, 7) is 0. The Morgan fingerprint density at radius 1 is 1.33 bits per heavy atom. The van der Waals surface area contributed by atoms with Crippen LogP contribution in [0.4, 0.5) is 11.5 Å². The lowest BCUT2D eigenvalue weighted by atomic mass is 10.3. The number of pyridine rings is 1. The van der Waals surface area contributed by atoms with Crippen molar-refractivity contribution in [1.82, 2.24) is 15.0 Å². The monoisotopic (exact) mass is 244 g/mol. The topological polar surface area (TPSA) is 97.0 Å². The van der Waals surface area contributed by atoms with Gasteiger partial charge in [-0.05, 0) is 12.1 Å². The van der Waals surface area contributed by atoms with Gasteiger partial charge < -0.3 is 10.3 Å². The van der Waals surface area contributed by atoms with Gasteiger partial charge in [0.1, 0.15) is 5.69 Å². The molecule has 0 aliphatic carbocycles. The molecule has 1 amide bonds. The summed E-state index contributed by atoms with van der Waals surface area (Å²) in [7, 11) is 1.64. The minimum absolute atomic E-state index is 0.205. The Labute approximate surface area is 104 Å². The van der Waals surface area contributed by atoms with Crippen molar-refractivity contribution in [3.05, 3.63) is 42.6 Å². The van der Waals surface area contributed by atoms with Crippen molar-refractivity contribution >= 4 is 17.4 Å². The number of nitrogen functional groups attached to an aromatic ring is 1. The highest BCUT2D eigenvalue weighted by molar-refractivity contribution is 6.04. The number of hydrogen-bond acceptors (Lipinski definition) is 6. The number of carbonyl (C=O) groups excluding carboxylic acids is 1. The smallest absolute Gasteiger partial charge is 0.278 e. The van der Waals surface area contributed by atoms with Crippen molar-refractivity contribution in [3.8, 4) is 0 Å². The minimum Gasteiger partial charge on any atom is -0.309 e. The number of nitrogens with one attached hydrogen (secondary N) is 1. The molecule has 0 saturated carbocycles. The molecule has 2 rings (SSSR count). The molecule has 0 saturated heterocycles. The van der Waals surface area contributed by atoms with Gasteiger partial charge in [-0.1, -0.05) is 0 Å². The zero-order chi connectivity index (χ0) is 13.0. The Hall–Kier alpha value is -2.54. The van der Waals surface area contributed by atoms with Crippen LogP contribution in [0.15, 0.2) is 36.9 Å². The van der Waals surface area contributed by atoms with Gasteiger partial charge in [0.25, 0.3) is 5.91 Å². The Balaban J connectivity index is 2.25. The fourth-order valence-electron chi connectivity index (χ4n) is 1.38. The normalized spacial score (nSPS) is 9.89. The molecule has 7 heteroatoms. The van der Waals surface area contributed by atoms with Crippen molar-refractivity contribution < 1.29 is 4.79 Å². The Morgan fingerprint density at radius 2 is 2.17 bits per heavy atom. The van der Waals surface area contributed by atoms with E-state index in [2.05, 4.69) is 20.4 Å². The molecule has 92 valence electrons. The van der Waals surface area contributed by atoms with Gasteiger partial charge in [-0.3, -0.25) is 14.8 Å². The van der Waals surface area contributed by atoms with Gasteiger partial charge in [0.2, 0.25) is 0 Å². The van der Waals surface area contributed by atoms with E-state index < -0.39 is 0 Å². The van der Waals surface area contributed by atoms with Crippen LogP contribution in [0.5, 0.6) is 0 Å². The van der Waals surface area contributed by atoms with Gasteiger partial charge in [0, 0.05) is 13.2 Å². The lowest BCUT2D eigenvalue weighted by Gasteiger charge is -2.16. The Bertz CT molecular complexity index is 544. The number of nitrogens with zero attached hydrogens (tertiary/aromatic N) is 4. The van der Waals surface area contributed by atoms with Crippen molar-refractivity contribution in [3.63, 3.8) is 0 Å². The zero-order valence-corrected chi connectivity index (χ0v) is 9.74. The summed E-state index contributed by atoms with van der Waals surface area (Å²) in [4.78, 5) is 25.4. The fourth-order valence-corrected chi connectivity index (χ4v) is 1.38. The molecule has 2 aromatic heterocycles. The van der Waals surface area contributed by atoms with Crippen LogP contribution in [-0.2, 0) is 0 Å². The second kappa shape index (κ2) is 5.19. The number of rotatable bonds is 3. The molecule has 0 bridgehead atoms. The first kappa shape index (κ1) is 11.9. The summed E-state index contributed by atoms with van der Waals surface area (Å²) in [5.74, 6) is 5.27. The molecule has 2 aromatic rings. The predicted octanol–water partition coefficient (Wildman–Crippen LogP) is 0.434. The predicted molar refractivity (Wildman–Crippen MR) is 66.8 cm³/mol. The lowest BCUT2D eigenvalue weighted by Crippen LogP contribution is -2.27. The van der Waals surface area contributed by atoms with Crippen LogP contribution >= 0.6 is 0 Å². The molecule has 18 heavy (non-hydrogen) atoms. The van der Waals surface area contributed by atoms with Crippen molar-refractivity contribution in [2.24, 2.45) is 5.84 Å². The summed E-state index contributed by atoms with van der Waals surface area (Å²) in [6, 6.07) is 3.53. The molecule has 7 nitrogen and oxygen atoms in total. The minimum atomic E-state index is -0.285. The van der Waals surface area contributed by atoms with Gasteiger partial charge in [-0.15, -0.1) is 0 Å². The molecule has 2 heterocycles. The SMILES string of the molecule is CN(C(=O)c1cncc(NN)n1)c1cccnc1.